The molecular weight excluding hydrogens is 711 g/mol. The molecule has 0 radical (unpaired) electrons. The quantitative estimate of drug-likeness (QED) is 0.0550. The number of nitrogens with one attached hydrogen (secondary N) is 5. The molecule has 13 nitrogen and oxygen atoms in total. The number of rotatable bonds is 23. The van der Waals surface area contributed by atoms with Crippen molar-refractivity contribution < 1.29 is 28.7 Å². The number of hydrogen-bond acceptors (Lipinski definition) is 11. The maximum Gasteiger partial charge on any atom is 0.251 e. The summed E-state index contributed by atoms with van der Waals surface area (Å²) >= 11 is 1.56. The molecule has 0 aromatic heterocycles. The van der Waals surface area contributed by atoms with Crippen molar-refractivity contribution >= 4 is 62.9 Å². The molecule has 0 aliphatic rings. The zero-order chi connectivity index (χ0) is 37.4. The van der Waals surface area contributed by atoms with Gasteiger partial charge in [-0.2, -0.15) is 17.0 Å². The van der Waals surface area contributed by atoms with Gasteiger partial charge in [0.25, 0.3) is 5.91 Å². The van der Waals surface area contributed by atoms with Gasteiger partial charge in [-0.15, -0.1) is 12.3 Å². The molecule has 2 aromatic carbocycles. The van der Waals surface area contributed by atoms with E-state index >= 15 is 0 Å². The van der Waals surface area contributed by atoms with E-state index in [1.54, 1.807) is 60.3 Å². The second-order valence-corrected chi connectivity index (χ2v) is 14.7. The van der Waals surface area contributed by atoms with E-state index in [1.165, 1.54) is 21.6 Å². The summed E-state index contributed by atoms with van der Waals surface area (Å²) in [6, 6.07) is 12.8. The summed E-state index contributed by atoms with van der Waals surface area (Å²) in [7, 11) is 2.95. The predicted molar refractivity (Wildman–Crippen MR) is 204 cm³/mol. The maximum atomic E-state index is 12.9. The van der Waals surface area contributed by atoms with E-state index in [1.807, 2.05) is 19.2 Å². The lowest BCUT2D eigenvalue weighted by Gasteiger charge is -2.21. The molecule has 0 aliphatic carbocycles. The second kappa shape index (κ2) is 24.7. The van der Waals surface area contributed by atoms with Crippen molar-refractivity contribution in [3.63, 3.8) is 0 Å². The molecule has 5 amide bonds. The first kappa shape index (κ1) is 42.8. The fourth-order valence-electron chi connectivity index (χ4n) is 4.18. The third-order valence-corrected chi connectivity index (χ3v) is 10.1. The molecule has 0 heterocycles. The Labute approximate surface area is 311 Å². The highest BCUT2D eigenvalue weighted by Crippen LogP contribution is 2.21. The molecule has 2 rings (SSSR count). The smallest absolute Gasteiger partial charge is 0.251 e. The molecular formula is C35H45N7O6S3. The minimum Gasteiger partial charge on any atom is -0.494 e. The van der Waals surface area contributed by atoms with Crippen LogP contribution < -0.4 is 37.1 Å². The van der Waals surface area contributed by atoms with Crippen LogP contribution in [0.1, 0.15) is 47.7 Å². The molecule has 3 atom stereocenters. The summed E-state index contributed by atoms with van der Waals surface area (Å²) in [6.45, 7) is 2.45. The van der Waals surface area contributed by atoms with Crippen LogP contribution >= 0.6 is 33.3 Å². The molecule has 16 heteroatoms. The first-order valence-electron chi connectivity index (χ1n) is 16.2. The van der Waals surface area contributed by atoms with Crippen molar-refractivity contribution in [3.05, 3.63) is 65.2 Å². The lowest BCUT2D eigenvalue weighted by molar-refractivity contribution is -0.131. The van der Waals surface area contributed by atoms with Crippen LogP contribution in [0.15, 0.2) is 48.5 Å². The monoisotopic (exact) mass is 755 g/mol. The highest BCUT2D eigenvalue weighted by atomic mass is 33.1. The van der Waals surface area contributed by atoms with Gasteiger partial charge in [0.05, 0.1) is 30.8 Å². The van der Waals surface area contributed by atoms with Gasteiger partial charge >= 0.3 is 0 Å². The van der Waals surface area contributed by atoms with Gasteiger partial charge in [-0.25, -0.2) is 0 Å². The summed E-state index contributed by atoms with van der Waals surface area (Å²) in [6.07, 6.45) is 8.32. The number of amides is 5. The number of nitriles is 1. The van der Waals surface area contributed by atoms with Crippen LogP contribution in [0, 0.1) is 23.7 Å². The Balaban J connectivity index is 1.80. The number of carbonyl (C=O) groups excluding carboxylic acids is 5. The fourth-order valence-corrected chi connectivity index (χ4v) is 6.50. The van der Waals surface area contributed by atoms with Gasteiger partial charge in [0.2, 0.25) is 23.6 Å². The summed E-state index contributed by atoms with van der Waals surface area (Å²) in [4.78, 5) is 63.6. The van der Waals surface area contributed by atoms with Crippen LogP contribution in [0.5, 0.6) is 5.75 Å². The number of thioether (sulfide) groups is 1. The first-order valence-corrected chi connectivity index (χ1v) is 20.1. The molecule has 51 heavy (non-hydrogen) atoms. The van der Waals surface area contributed by atoms with Crippen LogP contribution in [-0.4, -0.2) is 90.9 Å². The van der Waals surface area contributed by atoms with Crippen molar-refractivity contribution in [3.8, 4) is 24.2 Å². The van der Waals surface area contributed by atoms with Crippen molar-refractivity contribution in [1.82, 2.24) is 26.6 Å². The molecule has 1 unspecified atom stereocenters. The lowest BCUT2D eigenvalue weighted by atomic mass is 10.1. The Bertz CT molecular complexity index is 1510. The zero-order valence-electron chi connectivity index (χ0n) is 28.7. The molecule has 0 saturated heterocycles. The highest BCUT2D eigenvalue weighted by Gasteiger charge is 2.25. The number of nitrogens with zero attached hydrogens (tertiary/aromatic N) is 1. The Hall–Kier alpha value is -4.35. The number of benzene rings is 2. The molecule has 0 saturated carbocycles. The Morgan fingerprint density at radius 1 is 0.922 bits per heavy atom. The van der Waals surface area contributed by atoms with Gasteiger partial charge in [-0.1, -0.05) is 40.6 Å². The van der Waals surface area contributed by atoms with Crippen molar-refractivity contribution in [2.45, 2.75) is 50.9 Å². The predicted octanol–water partition coefficient (Wildman–Crippen LogP) is 1.96. The average Bonchev–Trinajstić information content (AvgIpc) is 3.14. The molecule has 0 bridgehead atoms. The van der Waals surface area contributed by atoms with E-state index in [0.29, 0.717) is 54.2 Å². The van der Waals surface area contributed by atoms with E-state index in [0.717, 1.165) is 5.75 Å². The van der Waals surface area contributed by atoms with E-state index in [2.05, 4.69) is 32.5 Å². The fraction of sp³-hybridized carbons (Fsp3) is 0.429. The summed E-state index contributed by atoms with van der Waals surface area (Å²) in [5, 5.41) is 22.2. The van der Waals surface area contributed by atoms with Crippen molar-refractivity contribution in [2.75, 3.05) is 43.2 Å². The normalized spacial score (nSPS) is 12.2. The molecule has 7 N–H and O–H groups in total. The molecule has 274 valence electrons. The zero-order valence-corrected chi connectivity index (χ0v) is 31.1. The Morgan fingerprint density at radius 2 is 1.63 bits per heavy atom. The third-order valence-electron chi connectivity index (χ3n) is 6.98. The maximum absolute atomic E-state index is 12.9. The van der Waals surface area contributed by atoms with E-state index in [9.17, 15) is 24.0 Å². The third kappa shape index (κ3) is 16.9. The largest absolute Gasteiger partial charge is 0.494 e. The van der Waals surface area contributed by atoms with Crippen molar-refractivity contribution in [1.29, 1.82) is 5.26 Å². The summed E-state index contributed by atoms with van der Waals surface area (Å²) in [5.41, 5.74) is 7.66. The van der Waals surface area contributed by atoms with Gasteiger partial charge in [0.1, 0.15) is 17.8 Å². The van der Waals surface area contributed by atoms with E-state index < -0.39 is 48.3 Å². The minimum atomic E-state index is -1.05. The number of terminal acetylenes is 1. The topological polar surface area (TPSA) is 205 Å². The number of nitrogens with two attached hydrogens (primary N) is 1. The van der Waals surface area contributed by atoms with Crippen LogP contribution in [0.3, 0.4) is 0 Å². The number of ether oxygens (including phenoxy) is 1. The lowest BCUT2D eigenvalue weighted by Crippen LogP contribution is -2.54. The number of hydrogen-bond donors (Lipinski definition) is 6. The molecule has 0 aliphatic heterocycles. The Morgan fingerprint density at radius 3 is 2.27 bits per heavy atom. The van der Waals surface area contributed by atoms with Crippen LogP contribution in [-0.2, 0) is 25.7 Å². The van der Waals surface area contributed by atoms with Gasteiger partial charge in [-0.3, -0.25) is 24.0 Å². The van der Waals surface area contributed by atoms with Crippen LogP contribution in [0.25, 0.3) is 0 Å². The number of carbonyl (C=O) groups is 5. The standard InChI is InChI=1S/C35H45N7O6S3/c1-4-7-29(41-31(43)22-40-35(47)30(23-51-50-5-2)42-33(45)28(37)16-19-49-3)34(46)39-21-25-8-12-26(13-9-25)32(44)38-17-6-18-48-27-14-10-24(20-36)11-15-27/h1,8-15,28-30H,5-7,16-19,21-23,37H2,2-3H3,(H,38,44)(H,39,46)(H,40,47)(H,41,43)(H,42,45)/t28-,29?,30-/m1/s1. The van der Waals surface area contributed by atoms with Gasteiger partial charge < -0.3 is 37.1 Å². The SMILES string of the molecule is C#CCC(NC(=O)CNC(=O)[C@@H](CSSCC)NC(=O)[C@H](N)CCSC)C(=O)NCc1ccc(C(=O)NCCCOc2ccc(C#N)cc2)cc1. The summed E-state index contributed by atoms with van der Waals surface area (Å²) in [5.74, 6) is 2.40. The van der Waals surface area contributed by atoms with Gasteiger partial charge in [-0.05, 0) is 66.8 Å². The molecule has 0 fully saturated rings. The minimum absolute atomic E-state index is 0.0827. The highest BCUT2D eigenvalue weighted by molar-refractivity contribution is 8.76. The van der Waals surface area contributed by atoms with Crippen molar-refractivity contribution in [2.24, 2.45) is 5.73 Å². The van der Waals surface area contributed by atoms with E-state index in [4.69, 9.17) is 22.2 Å². The second-order valence-electron chi connectivity index (χ2n) is 10.9. The molecule has 0 spiro atoms. The van der Waals surface area contributed by atoms with Gasteiger partial charge in [0.15, 0.2) is 0 Å². The van der Waals surface area contributed by atoms with Crippen LogP contribution in [0.2, 0.25) is 0 Å². The van der Waals surface area contributed by atoms with Crippen LogP contribution in [0.4, 0.5) is 0 Å². The molecule has 2 aromatic rings. The van der Waals surface area contributed by atoms with E-state index in [-0.39, 0.29) is 24.6 Å². The van der Waals surface area contributed by atoms with Gasteiger partial charge in [0, 0.05) is 36.6 Å². The average molecular weight is 756 g/mol. The first-order chi connectivity index (χ1) is 24.6. The Kier molecular flexibility index (Phi) is 20.8. The summed E-state index contributed by atoms with van der Waals surface area (Å²) < 4.78 is 5.62.